The van der Waals surface area contributed by atoms with Crippen LogP contribution >= 0.6 is 0 Å². The van der Waals surface area contributed by atoms with E-state index in [4.69, 9.17) is 17.7 Å². The SMILES string of the molecule is CC[Si](OC)(OC)C(C(C)=O)C(=O)C(F)(F)F.CC[Si](OC)(OC)C(C(C)=O)C(=O)C(F)(F)F.[Pt+2]. The van der Waals surface area contributed by atoms with Crippen molar-refractivity contribution in [3.8, 4) is 0 Å². The quantitative estimate of drug-likeness (QED) is 0.170. The zero-order valence-electron chi connectivity index (χ0n) is 20.4. The Hall–Kier alpha value is -0.778. The molecular weight excluding hydrogens is 709 g/mol. The monoisotopic (exact) mass is 739 g/mol. The first-order chi connectivity index (χ1) is 15.3. The van der Waals surface area contributed by atoms with Crippen molar-refractivity contribution in [2.24, 2.45) is 0 Å². The molecule has 8 nitrogen and oxygen atoms in total. The van der Waals surface area contributed by atoms with Crippen LogP contribution in [0.2, 0.25) is 23.2 Å². The molecule has 0 heterocycles. The van der Waals surface area contributed by atoms with Gasteiger partial charge in [-0.1, -0.05) is 13.8 Å². The summed E-state index contributed by atoms with van der Waals surface area (Å²) in [5, 5.41) is 0. The van der Waals surface area contributed by atoms with Crippen LogP contribution in [0.1, 0.15) is 27.7 Å². The first-order valence-electron chi connectivity index (χ1n) is 9.75. The fourth-order valence-corrected chi connectivity index (χ4v) is 8.95. The number of carbonyl (C=O) groups is 4. The van der Waals surface area contributed by atoms with E-state index in [2.05, 4.69) is 0 Å². The largest absolute Gasteiger partial charge is 2.00 e. The Kier molecular flexibility index (Phi) is 17.1. The molecular formula is C18H30F6O8PtSi2+2. The molecule has 0 fully saturated rings. The molecule has 0 amide bonds. The standard InChI is InChI=1S/2C9H15F3O4Si.Pt/c2*1-5-17(15-3,16-4)7(6(2)13)8(14)9(10,11)12;/h2*7H,5H2,1-4H3;/q;;+2. The van der Waals surface area contributed by atoms with Gasteiger partial charge in [-0.25, -0.2) is 0 Å². The van der Waals surface area contributed by atoms with Crippen molar-refractivity contribution in [3.05, 3.63) is 0 Å². The molecule has 0 aromatic heterocycles. The summed E-state index contributed by atoms with van der Waals surface area (Å²) in [6.07, 6.45) is -10.1. The minimum Gasteiger partial charge on any atom is -0.397 e. The second-order valence-corrected chi connectivity index (χ2v) is 14.4. The maximum atomic E-state index is 12.4. The van der Waals surface area contributed by atoms with Crippen molar-refractivity contribution >= 4 is 40.3 Å². The van der Waals surface area contributed by atoms with Gasteiger partial charge in [-0.2, -0.15) is 26.3 Å². The zero-order chi connectivity index (χ0) is 27.7. The van der Waals surface area contributed by atoms with Crippen LogP contribution < -0.4 is 0 Å². The fraction of sp³-hybridized carbons (Fsp3) is 0.778. The number of rotatable bonds is 12. The van der Waals surface area contributed by atoms with E-state index in [0.29, 0.717) is 0 Å². The molecule has 0 radical (unpaired) electrons. The number of carbonyl (C=O) groups excluding carboxylic acids is 4. The normalized spacial score (nSPS) is 14.1. The summed E-state index contributed by atoms with van der Waals surface area (Å²) in [5.41, 5.74) is -3.75. The molecule has 17 heteroatoms. The summed E-state index contributed by atoms with van der Waals surface area (Å²) < 4.78 is 94.3. The number of alkyl halides is 6. The van der Waals surface area contributed by atoms with Gasteiger partial charge in [0, 0.05) is 28.4 Å². The molecule has 208 valence electrons. The molecule has 0 spiro atoms. The molecule has 0 aromatic carbocycles. The average molecular weight is 740 g/mol. The summed E-state index contributed by atoms with van der Waals surface area (Å²) >= 11 is 0. The number of hydrogen-bond acceptors (Lipinski definition) is 8. The van der Waals surface area contributed by atoms with Gasteiger partial charge >= 0.3 is 50.5 Å². The Bertz CT molecular complexity index is 648. The van der Waals surface area contributed by atoms with Crippen molar-refractivity contribution in [2.45, 2.75) is 63.2 Å². The van der Waals surface area contributed by atoms with Crippen LogP contribution in [-0.2, 0) is 57.9 Å². The molecule has 0 aliphatic carbocycles. The van der Waals surface area contributed by atoms with E-state index in [-0.39, 0.29) is 33.2 Å². The molecule has 0 N–H and O–H groups in total. The van der Waals surface area contributed by atoms with Gasteiger partial charge in [-0.15, -0.1) is 0 Å². The Morgan fingerprint density at radius 3 is 0.914 bits per heavy atom. The summed E-state index contributed by atoms with van der Waals surface area (Å²) in [7, 11) is -2.40. The van der Waals surface area contributed by atoms with Crippen LogP contribution in [-0.4, -0.2) is 81.0 Å². The topological polar surface area (TPSA) is 105 Å². The van der Waals surface area contributed by atoms with Gasteiger partial charge in [0.25, 0.3) is 0 Å². The third kappa shape index (κ3) is 9.89. The molecule has 0 bridgehead atoms. The summed E-state index contributed by atoms with van der Waals surface area (Å²) in [4.78, 5) is 45.1. The Labute approximate surface area is 216 Å². The van der Waals surface area contributed by atoms with E-state index >= 15 is 0 Å². The number of hydrogen-bond donors (Lipinski definition) is 0. The molecule has 0 rings (SSSR count). The smallest absolute Gasteiger partial charge is 0.397 e. The van der Waals surface area contributed by atoms with Crippen LogP contribution in [0.5, 0.6) is 0 Å². The number of ketones is 4. The maximum Gasteiger partial charge on any atom is 2.00 e. The van der Waals surface area contributed by atoms with E-state index in [1.165, 1.54) is 13.8 Å². The summed E-state index contributed by atoms with van der Waals surface area (Å²) in [6.45, 7) is 4.92. The van der Waals surface area contributed by atoms with Crippen molar-refractivity contribution in [1.82, 2.24) is 0 Å². The van der Waals surface area contributed by atoms with Gasteiger partial charge in [0.2, 0.25) is 11.6 Å². The summed E-state index contributed by atoms with van der Waals surface area (Å²) in [6, 6.07) is 0.151. The van der Waals surface area contributed by atoms with Gasteiger partial charge < -0.3 is 17.7 Å². The van der Waals surface area contributed by atoms with Gasteiger partial charge in [0.05, 0.1) is 0 Å². The molecule has 0 saturated carbocycles. The fourth-order valence-electron chi connectivity index (χ4n) is 3.34. The maximum absolute atomic E-state index is 12.4. The average Bonchev–Trinajstić information content (AvgIpc) is 2.73. The first kappa shape index (κ1) is 38.7. The molecule has 0 aliphatic rings. The van der Waals surface area contributed by atoms with E-state index in [1.54, 1.807) is 0 Å². The molecule has 2 atom stereocenters. The number of Topliss-reactive ketones (excluding diaryl/α,β-unsaturated/α-hetero) is 4. The minimum atomic E-state index is -5.07. The van der Waals surface area contributed by atoms with Crippen LogP contribution in [0.3, 0.4) is 0 Å². The van der Waals surface area contributed by atoms with Gasteiger partial charge in [-0.3, -0.25) is 19.2 Å². The van der Waals surface area contributed by atoms with E-state index in [1.807, 2.05) is 0 Å². The second kappa shape index (κ2) is 15.5. The van der Waals surface area contributed by atoms with E-state index in [0.717, 1.165) is 42.3 Å². The Morgan fingerprint density at radius 2 is 0.829 bits per heavy atom. The molecule has 0 aliphatic heterocycles. The Balaban J connectivity index is -0.000000569. The van der Waals surface area contributed by atoms with Crippen molar-refractivity contribution in [1.29, 1.82) is 0 Å². The van der Waals surface area contributed by atoms with Crippen LogP contribution in [0.25, 0.3) is 0 Å². The predicted octanol–water partition coefficient (Wildman–Crippen LogP) is 3.66. The molecule has 35 heavy (non-hydrogen) atoms. The molecule has 0 saturated heterocycles. The van der Waals surface area contributed by atoms with Gasteiger partial charge in [0.1, 0.15) is 22.6 Å². The minimum absolute atomic E-state index is 0. The van der Waals surface area contributed by atoms with E-state index in [9.17, 15) is 45.5 Å². The van der Waals surface area contributed by atoms with Crippen LogP contribution in [0.4, 0.5) is 26.3 Å². The van der Waals surface area contributed by atoms with Crippen molar-refractivity contribution < 1.29 is 84.3 Å². The third-order valence-corrected chi connectivity index (χ3v) is 13.0. The molecule has 0 aromatic rings. The van der Waals surface area contributed by atoms with Crippen LogP contribution in [0.15, 0.2) is 0 Å². The van der Waals surface area contributed by atoms with Crippen LogP contribution in [0, 0.1) is 0 Å². The first-order valence-corrected chi connectivity index (χ1v) is 14.0. The van der Waals surface area contributed by atoms with Crippen molar-refractivity contribution in [2.75, 3.05) is 28.4 Å². The zero-order valence-corrected chi connectivity index (χ0v) is 24.7. The van der Waals surface area contributed by atoms with Crippen molar-refractivity contribution in [3.63, 3.8) is 0 Å². The summed E-state index contributed by atoms with van der Waals surface area (Å²) in [5.74, 6) is -5.96. The second-order valence-electron chi connectivity index (χ2n) is 6.96. The Morgan fingerprint density at radius 1 is 0.629 bits per heavy atom. The van der Waals surface area contributed by atoms with E-state index < -0.39 is 63.7 Å². The van der Waals surface area contributed by atoms with Gasteiger partial charge in [-0.05, 0) is 25.9 Å². The third-order valence-electron chi connectivity index (χ3n) is 5.14. The predicted molar refractivity (Wildman–Crippen MR) is 111 cm³/mol. The molecule has 2 unspecified atom stereocenters. The van der Waals surface area contributed by atoms with Gasteiger partial charge in [0.15, 0.2) is 0 Å². The number of halogens is 6.